The molecule has 0 aliphatic carbocycles. The molecule has 0 saturated carbocycles. The summed E-state index contributed by atoms with van der Waals surface area (Å²) in [5, 5.41) is 2.62. The molecular formula is C13H24N4O3. The van der Waals surface area contributed by atoms with Crippen LogP contribution >= 0.6 is 0 Å². The van der Waals surface area contributed by atoms with Crippen LogP contribution in [0.3, 0.4) is 0 Å². The number of ether oxygens (including phenoxy) is 1. The van der Waals surface area contributed by atoms with E-state index >= 15 is 0 Å². The highest BCUT2D eigenvalue weighted by Crippen LogP contribution is 1.96. The third-order valence-electron chi connectivity index (χ3n) is 2.34. The Morgan fingerprint density at radius 2 is 1.90 bits per heavy atom. The quantitative estimate of drug-likeness (QED) is 0.484. The Morgan fingerprint density at radius 3 is 2.40 bits per heavy atom. The van der Waals surface area contributed by atoms with Crippen LogP contribution in [0.1, 0.15) is 19.8 Å². The van der Waals surface area contributed by atoms with Crippen molar-refractivity contribution in [2.24, 2.45) is 4.99 Å². The molecule has 3 amide bonds. The number of carbonyl (C=O) groups excluding carboxylic acids is 2. The van der Waals surface area contributed by atoms with E-state index < -0.39 is 12.1 Å². The molecule has 7 heteroatoms. The molecule has 0 unspecified atom stereocenters. The van der Waals surface area contributed by atoms with Crippen molar-refractivity contribution in [2.75, 3.05) is 34.8 Å². The van der Waals surface area contributed by atoms with Crippen molar-refractivity contribution in [2.45, 2.75) is 19.8 Å². The van der Waals surface area contributed by atoms with E-state index in [1.807, 2.05) is 12.2 Å². The van der Waals surface area contributed by atoms with Gasteiger partial charge < -0.3 is 15.0 Å². The smallest absolute Gasteiger partial charge is 0.416 e. The SMILES string of the molecule is CCC/C=C/CNC(=O)/N=C(\N(C)C)N(C)C(=O)OC. The molecule has 0 fully saturated rings. The number of methoxy groups -OCH3 is 1. The second kappa shape index (κ2) is 9.82. The Morgan fingerprint density at radius 1 is 1.25 bits per heavy atom. The predicted molar refractivity (Wildman–Crippen MR) is 78.7 cm³/mol. The van der Waals surface area contributed by atoms with Crippen molar-refractivity contribution in [3.05, 3.63) is 12.2 Å². The average Bonchev–Trinajstić information content (AvgIpc) is 2.42. The maximum Gasteiger partial charge on any atom is 0.416 e. The van der Waals surface area contributed by atoms with E-state index in [-0.39, 0.29) is 5.96 Å². The number of guanidine groups is 1. The normalized spacial score (nSPS) is 11.3. The van der Waals surface area contributed by atoms with Gasteiger partial charge in [0.1, 0.15) is 0 Å². The lowest BCUT2D eigenvalue weighted by atomic mass is 10.3. The summed E-state index contributed by atoms with van der Waals surface area (Å²) in [4.78, 5) is 29.7. The van der Waals surface area contributed by atoms with Gasteiger partial charge in [0, 0.05) is 27.7 Å². The maximum absolute atomic E-state index is 11.7. The van der Waals surface area contributed by atoms with Gasteiger partial charge in [0.25, 0.3) is 0 Å². The summed E-state index contributed by atoms with van der Waals surface area (Å²) in [6.45, 7) is 2.49. The van der Waals surface area contributed by atoms with E-state index in [1.165, 1.54) is 14.2 Å². The number of amides is 3. The Kier molecular flexibility index (Phi) is 8.82. The molecule has 7 nitrogen and oxygen atoms in total. The standard InChI is InChI=1S/C13H24N4O3/c1-6-7-8-9-10-14-11(18)15-12(16(2)3)17(4)13(19)20-5/h8-9H,6-7,10H2,1-5H3,(H,14,18)/b9-8+,15-12+. The maximum atomic E-state index is 11.7. The molecule has 0 aromatic heterocycles. The number of hydrogen-bond acceptors (Lipinski definition) is 3. The number of unbranched alkanes of at least 4 members (excludes halogenated alkanes) is 1. The van der Waals surface area contributed by atoms with Gasteiger partial charge in [-0.1, -0.05) is 25.5 Å². The van der Waals surface area contributed by atoms with Crippen LogP contribution in [0.15, 0.2) is 17.1 Å². The molecule has 0 aromatic rings. The van der Waals surface area contributed by atoms with Crippen LogP contribution in [0, 0.1) is 0 Å². The fraction of sp³-hybridized carbons (Fsp3) is 0.615. The molecule has 0 aliphatic rings. The summed E-state index contributed by atoms with van der Waals surface area (Å²) in [7, 11) is 6.13. The van der Waals surface area contributed by atoms with Crippen LogP contribution in [-0.2, 0) is 4.74 Å². The van der Waals surface area contributed by atoms with Gasteiger partial charge in [-0.15, -0.1) is 0 Å². The zero-order valence-electron chi connectivity index (χ0n) is 12.8. The van der Waals surface area contributed by atoms with Crippen LogP contribution in [0.25, 0.3) is 0 Å². The van der Waals surface area contributed by atoms with Gasteiger partial charge in [0.2, 0.25) is 5.96 Å². The fourth-order valence-electron chi connectivity index (χ4n) is 1.34. The van der Waals surface area contributed by atoms with Gasteiger partial charge in [0.05, 0.1) is 7.11 Å². The highest BCUT2D eigenvalue weighted by Gasteiger charge is 2.18. The zero-order chi connectivity index (χ0) is 15.5. The molecule has 114 valence electrons. The molecule has 1 N–H and O–H groups in total. The second-order valence-electron chi connectivity index (χ2n) is 4.28. The van der Waals surface area contributed by atoms with Crippen LogP contribution < -0.4 is 5.32 Å². The largest absolute Gasteiger partial charge is 0.452 e. The van der Waals surface area contributed by atoms with Crippen molar-refractivity contribution in [1.82, 2.24) is 15.1 Å². The first-order valence-electron chi connectivity index (χ1n) is 6.44. The summed E-state index contributed by atoms with van der Waals surface area (Å²) in [5.74, 6) is 0.201. The lowest BCUT2D eigenvalue weighted by molar-refractivity contribution is 0.149. The molecule has 0 aromatic carbocycles. The van der Waals surface area contributed by atoms with Crippen LogP contribution in [0.5, 0.6) is 0 Å². The number of urea groups is 1. The molecule has 0 bridgehead atoms. The Hall–Kier alpha value is -2.05. The van der Waals surface area contributed by atoms with Crippen molar-refractivity contribution in [1.29, 1.82) is 0 Å². The Balaban J connectivity index is 4.60. The van der Waals surface area contributed by atoms with Gasteiger partial charge in [-0.25, -0.2) is 9.59 Å². The lowest BCUT2D eigenvalue weighted by Gasteiger charge is -2.23. The van der Waals surface area contributed by atoms with E-state index in [9.17, 15) is 9.59 Å². The highest BCUT2D eigenvalue weighted by molar-refractivity contribution is 5.99. The van der Waals surface area contributed by atoms with E-state index in [1.54, 1.807) is 19.0 Å². The summed E-state index contributed by atoms with van der Waals surface area (Å²) in [6, 6.07) is -0.509. The van der Waals surface area contributed by atoms with E-state index in [2.05, 4.69) is 22.0 Å². The lowest BCUT2D eigenvalue weighted by Crippen LogP contribution is -2.43. The molecule has 0 rings (SSSR count). The first-order chi connectivity index (χ1) is 9.43. The van der Waals surface area contributed by atoms with Gasteiger partial charge in [-0.05, 0) is 6.42 Å². The van der Waals surface area contributed by atoms with Crippen molar-refractivity contribution in [3.8, 4) is 0 Å². The number of nitrogens with one attached hydrogen (secondary N) is 1. The van der Waals surface area contributed by atoms with Gasteiger partial charge in [-0.3, -0.25) is 4.90 Å². The number of allylic oxidation sites excluding steroid dienone is 1. The number of nitrogens with zero attached hydrogens (tertiary/aromatic N) is 3. The number of aliphatic imine (C=N–C) groups is 1. The molecule has 0 aliphatic heterocycles. The molecule has 0 saturated heterocycles. The summed E-state index contributed by atoms with van der Waals surface area (Å²) in [5.41, 5.74) is 0. The van der Waals surface area contributed by atoms with Crippen molar-refractivity contribution < 1.29 is 14.3 Å². The number of rotatable bonds is 4. The molecular weight excluding hydrogens is 260 g/mol. The fourth-order valence-corrected chi connectivity index (χ4v) is 1.34. The zero-order valence-corrected chi connectivity index (χ0v) is 12.8. The highest BCUT2D eigenvalue weighted by atomic mass is 16.5. The van der Waals surface area contributed by atoms with Crippen LogP contribution in [0.4, 0.5) is 9.59 Å². The number of carbonyl (C=O) groups is 2. The molecule has 20 heavy (non-hydrogen) atoms. The third kappa shape index (κ3) is 6.77. The monoisotopic (exact) mass is 284 g/mol. The van der Waals surface area contributed by atoms with Crippen LogP contribution in [0.2, 0.25) is 0 Å². The van der Waals surface area contributed by atoms with Crippen molar-refractivity contribution >= 4 is 18.1 Å². The summed E-state index contributed by atoms with van der Waals surface area (Å²) < 4.78 is 4.59. The van der Waals surface area contributed by atoms with E-state index in [0.29, 0.717) is 6.54 Å². The second-order valence-corrected chi connectivity index (χ2v) is 4.28. The number of hydrogen-bond donors (Lipinski definition) is 1. The minimum absolute atomic E-state index is 0.201. The van der Waals surface area contributed by atoms with E-state index in [0.717, 1.165) is 17.7 Å². The predicted octanol–water partition coefficient (Wildman–Crippen LogP) is 1.67. The van der Waals surface area contributed by atoms with Gasteiger partial charge in [0.15, 0.2) is 0 Å². The first kappa shape index (κ1) is 17.9. The average molecular weight is 284 g/mol. The van der Waals surface area contributed by atoms with E-state index in [4.69, 9.17) is 0 Å². The molecule has 0 radical (unpaired) electrons. The topological polar surface area (TPSA) is 74.2 Å². The summed E-state index contributed by atoms with van der Waals surface area (Å²) >= 11 is 0. The Bertz CT molecular complexity index is 378. The first-order valence-corrected chi connectivity index (χ1v) is 6.44. The minimum atomic E-state index is -0.590. The molecule has 0 atom stereocenters. The van der Waals surface area contributed by atoms with Crippen LogP contribution in [-0.4, -0.2) is 62.7 Å². The molecule has 0 spiro atoms. The molecule has 0 heterocycles. The van der Waals surface area contributed by atoms with Crippen molar-refractivity contribution in [3.63, 3.8) is 0 Å². The third-order valence-corrected chi connectivity index (χ3v) is 2.34. The van der Waals surface area contributed by atoms with Gasteiger partial charge in [-0.2, -0.15) is 4.99 Å². The minimum Gasteiger partial charge on any atom is -0.452 e. The van der Waals surface area contributed by atoms with Gasteiger partial charge >= 0.3 is 12.1 Å². The Labute approximate surface area is 120 Å². The summed E-state index contributed by atoms with van der Waals surface area (Å²) in [6.07, 6.45) is 5.33.